The molecule has 5 heteroatoms. The average Bonchev–Trinajstić information content (AvgIpc) is 2.76. The molecule has 0 saturated carbocycles. The van der Waals surface area contributed by atoms with Crippen molar-refractivity contribution in [3.63, 3.8) is 0 Å². The quantitative estimate of drug-likeness (QED) is 0.840. The third-order valence-electron chi connectivity index (χ3n) is 3.62. The maximum atomic E-state index is 12.4. The van der Waals surface area contributed by atoms with Crippen LogP contribution in [0.3, 0.4) is 0 Å². The molecule has 0 aliphatic carbocycles. The molecule has 2 heterocycles. The molecule has 1 aliphatic heterocycles. The minimum atomic E-state index is 0.0350. The van der Waals surface area contributed by atoms with E-state index in [4.69, 9.17) is 0 Å². The van der Waals surface area contributed by atoms with Gasteiger partial charge in [-0.25, -0.2) is 9.97 Å². The summed E-state index contributed by atoms with van der Waals surface area (Å²) in [4.78, 5) is 22.7. The van der Waals surface area contributed by atoms with E-state index in [0.717, 1.165) is 51.1 Å². The van der Waals surface area contributed by atoms with Crippen LogP contribution in [0.15, 0.2) is 12.4 Å². The fourth-order valence-corrected chi connectivity index (χ4v) is 2.40. The zero-order valence-electron chi connectivity index (χ0n) is 12.3. The zero-order chi connectivity index (χ0) is 14.2. The van der Waals surface area contributed by atoms with Crippen molar-refractivity contribution in [2.45, 2.75) is 45.4 Å². The number of nitrogens with one attached hydrogen (secondary N) is 1. The van der Waals surface area contributed by atoms with Crippen LogP contribution >= 0.6 is 0 Å². The van der Waals surface area contributed by atoms with Crippen molar-refractivity contribution in [2.24, 2.45) is 0 Å². The predicted molar refractivity (Wildman–Crippen MR) is 79.8 cm³/mol. The summed E-state index contributed by atoms with van der Waals surface area (Å²) in [7, 11) is 0. The number of aromatic nitrogens is 2. The number of rotatable bonds is 5. The first-order chi connectivity index (χ1) is 9.81. The molecule has 5 nitrogen and oxygen atoms in total. The highest BCUT2D eigenvalue weighted by Gasteiger charge is 2.18. The topological polar surface area (TPSA) is 58.1 Å². The van der Waals surface area contributed by atoms with Gasteiger partial charge in [0.25, 0.3) is 5.91 Å². The molecule has 0 aromatic carbocycles. The monoisotopic (exact) mass is 276 g/mol. The lowest BCUT2D eigenvalue weighted by Gasteiger charge is -2.19. The van der Waals surface area contributed by atoms with Crippen LogP contribution in [-0.4, -0.2) is 40.4 Å². The molecule has 1 N–H and O–H groups in total. The average molecular weight is 276 g/mol. The number of anilines is 1. The maximum Gasteiger partial charge on any atom is 0.272 e. The predicted octanol–water partition coefficient (Wildman–Crippen LogP) is 2.70. The molecule has 1 saturated heterocycles. The van der Waals surface area contributed by atoms with Gasteiger partial charge in [0.1, 0.15) is 17.8 Å². The fourth-order valence-electron chi connectivity index (χ4n) is 2.40. The van der Waals surface area contributed by atoms with E-state index in [2.05, 4.69) is 22.2 Å². The number of carbonyl (C=O) groups is 1. The van der Waals surface area contributed by atoms with Gasteiger partial charge in [-0.3, -0.25) is 4.79 Å². The molecule has 20 heavy (non-hydrogen) atoms. The zero-order valence-corrected chi connectivity index (χ0v) is 12.3. The van der Waals surface area contributed by atoms with Gasteiger partial charge in [0.2, 0.25) is 0 Å². The van der Waals surface area contributed by atoms with Gasteiger partial charge < -0.3 is 10.2 Å². The lowest BCUT2D eigenvalue weighted by Crippen LogP contribution is -2.32. The molecule has 0 radical (unpaired) electrons. The van der Waals surface area contributed by atoms with E-state index < -0.39 is 0 Å². The Labute approximate surface area is 120 Å². The summed E-state index contributed by atoms with van der Waals surface area (Å²) in [6.07, 6.45) is 8.34. The van der Waals surface area contributed by atoms with Gasteiger partial charge in [0.15, 0.2) is 0 Å². The number of amides is 1. The summed E-state index contributed by atoms with van der Waals surface area (Å²) in [6.45, 7) is 4.73. The molecule has 0 atom stereocenters. The van der Waals surface area contributed by atoms with E-state index in [9.17, 15) is 4.79 Å². The van der Waals surface area contributed by atoms with Crippen LogP contribution in [0, 0.1) is 0 Å². The van der Waals surface area contributed by atoms with E-state index in [1.807, 2.05) is 4.90 Å². The Morgan fingerprint density at radius 3 is 2.70 bits per heavy atom. The molecule has 1 aromatic rings. The third-order valence-corrected chi connectivity index (χ3v) is 3.62. The molecule has 110 valence electrons. The largest absolute Gasteiger partial charge is 0.370 e. The van der Waals surface area contributed by atoms with Gasteiger partial charge in [0, 0.05) is 25.7 Å². The fraction of sp³-hybridized carbons (Fsp3) is 0.667. The van der Waals surface area contributed by atoms with E-state index in [1.54, 1.807) is 6.07 Å². The van der Waals surface area contributed by atoms with Crippen LogP contribution in [0.1, 0.15) is 55.9 Å². The second-order valence-electron chi connectivity index (χ2n) is 5.28. The lowest BCUT2D eigenvalue weighted by atomic mass is 10.2. The number of likely N-dealkylation sites (tertiary alicyclic amines) is 1. The summed E-state index contributed by atoms with van der Waals surface area (Å²) in [5.74, 6) is 0.777. The summed E-state index contributed by atoms with van der Waals surface area (Å²) in [5, 5.41) is 3.23. The van der Waals surface area contributed by atoms with Crippen molar-refractivity contribution in [3.05, 3.63) is 18.1 Å². The first kappa shape index (κ1) is 14.8. The molecule has 0 spiro atoms. The highest BCUT2D eigenvalue weighted by Crippen LogP contribution is 2.13. The molecule has 1 aromatic heterocycles. The molecule has 1 fully saturated rings. The Bertz CT molecular complexity index is 428. The number of unbranched alkanes of at least 4 members (excludes halogenated alkanes) is 1. The van der Waals surface area contributed by atoms with E-state index >= 15 is 0 Å². The van der Waals surface area contributed by atoms with Crippen molar-refractivity contribution >= 4 is 11.7 Å². The van der Waals surface area contributed by atoms with Crippen molar-refractivity contribution in [2.75, 3.05) is 25.0 Å². The Kier molecular flexibility index (Phi) is 5.77. The Hall–Kier alpha value is -1.65. The SMILES string of the molecule is CCCCNc1cc(C(=O)N2CCCCCC2)ncn1. The Morgan fingerprint density at radius 1 is 1.25 bits per heavy atom. The summed E-state index contributed by atoms with van der Waals surface area (Å²) in [5.41, 5.74) is 0.501. The van der Waals surface area contributed by atoms with Gasteiger partial charge in [-0.05, 0) is 19.3 Å². The van der Waals surface area contributed by atoms with Crippen molar-refractivity contribution < 1.29 is 4.79 Å². The van der Waals surface area contributed by atoms with Gasteiger partial charge in [0.05, 0.1) is 0 Å². The molecular weight excluding hydrogens is 252 g/mol. The van der Waals surface area contributed by atoms with Gasteiger partial charge >= 0.3 is 0 Å². The first-order valence-corrected chi connectivity index (χ1v) is 7.66. The van der Waals surface area contributed by atoms with Crippen molar-refractivity contribution in [1.29, 1.82) is 0 Å². The minimum absolute atomic E-state index is 0.0350. The van der Waals surface area contributed by atoms with E-state index in [1.165, 1.54) is 19.2 Å². The van der Waals surface area contributed by atoms with Gasteiger partial charge in [-0.15, -0.1) is 0 Å². The van der Waals surface area contributed by atoms with Crippen molar-refractivity contribution in [1.82, 2.24) is 14.9 Å². The second-order valence-corrected chi connectivity index (χ2v) is 5.28. The third kappa shape index (κ3) is 4.18. The highest BCUT2D eigenvalue weighted by atomic mass is 16.2. The molecule has 0 bridgehead atoms. The van der Waals surface area contributed by atoms with Crippen LogP contribution in [0.2, 0.25) is 0 Å². The number of hydrogen-bond acceptors (Lipinski definition) is 4. The molecule has 1 aliphatic rings. The molecule has 0 unspecified atom stereocenters. The van der Waals surface area contributed by atoms with Gasteiger partial charge in [-0.1, -0.05) is 26.2 Å². The van der Waals surface area contributed by atoms with Gasteiger partial charge in [-0.2, -0.15) is 0 Å². The standard InChI is InChI=1S/C15H24N4O/c1-2-3-8-16-14-11-13(17-12-18-14)15(20)19-9-6-4-5-7-10-19/h11-12H,2-10H2,1H3,(H,16,17,18). The summed E-state index contributed by atoms with van der Waals surface area (Å²) < 4.78 is 0. The molecule has 2 rings (SSSR count). The highest BCUT2D eigenvalue weighted by molar-refractivity contribution is 5.92. The molecular formula is C15H24N4O. The first-order valence-electron chi connectivity index (χ1n) is 7.66. The maximum absolute atomic E-state index is 12.4. The van der Waals surface area contributed by atoms with E-state index in [0.29, 0.717) is 5.69 Å². The number of nitrogens with zero attached hydrogens (tertiary/aromatic N) is 3. The number of hydrogen-bond donors (Lipinski definition) is 1. The molecule has 1 amide bonds. The van der Waals surface area contributed by atoms with Crippen molar-refractivity contribution in [3.8, 4) is 0 Å². The van der Waals surface area contributed by atoms with Crippen LogP contribution < -0.4 is 5.32 Å². The van der Waals surface area contributed by atoms with Crippen LogP contribution in [0.25, 0.3) is 0 Å². The minimum Gasteiger partial charge on any atom is -0.370 e. The van der Waals surface area contributed by atoms with Crippen LogP contribution in [0.5, 0.6) is 0 Å². The Morgan fingerprint density at radius 2 is 2.00 bits per heavy atom. The van der Waals surface area contributed by atoms with Crippen LogP contribution in [-0.2, 0) is 0 Å². The lowest BCUT2D eigenvalue weighted by molar-refractivity contribution is 0.0755. The Balaban J connectivity index is 1.99. The smallest absolute Gasteiger partial charge is 0.272 e. The second kappa shape index (κ2) is 7.82. The summed E-state index contributed by atoms with van der Waals surface area (Å²) >= 11 is 0. The number of carbonyl (C=O) groups excluding carboxylic acids is 1. The van der Waals surface area contributed by atoms with E-state index in [-0.39, 0.29) is 5.91 Å². The summed E-state index contributed by atoms with van der Waals surface area (Å²) in [6, 6.07) is 1.77. The van der Waals surface area contributed by atoms with Crippen LogP contribution in [0.4, 0.5) is 5.82 Å². The normalized spacial score (nSPS) is 15.8.